The number of benzene rings is 1. The number of rotatable bonds is 3. The van der Waals surface area contributed by atoms with Gasteiger partial charge in [-0.25, -0.2) is 0 Å². The molecule has 0 N–H and O–H groups in total. The van der Waals surface area contributed by atoms with E-state index in [2.05, 4.69) is 45.1 Å². The van der Waals surface area contributed by atoms with Gasteiger partial charge in [0, 0.05) is 43.8 Å². The second-order valence-electron chi connectivity index (χ2n) is 5.73. The Bertz CT molecular complexity index is 478. The number of carbonyl (C=O) groups excluding carboxylic acids is 1. The summed E-state index contributed by atoms with van der Waals surface area (Å²) in [6, 6.07) is 8.45. The van der Waals surface area contributed by atoms with Crippen LogP contribution in [0.1, 0.15) is 18.4 Å². The second kappa shape index (κ2) is 6.90. The molecule has 1 atom stereocenters. The maximum atomic E-state index is 12.3. The van der Waals surface area contributed by atoms with Gasteiger partial charge in [-0.2, -0.15) is 0 Å². The van der Waals surface area contributed by atoms with Gasteiger partial charge in [-0.1, -0.05) is 28.1 Å². The average molecular weight is 353 g/mol. The summed E-state index contributed by atoms with van der Waals surface area (Å²) in [5, 5.41) is 0. The first-order valence-electron chi connectivity index (χ1n) is 7.59. The van der Waals surface area contributed by atoms with E-state index in [0.29, 0.717) is 0 Å². The lowest BCUT2D eigenvalue weighted by atomic mass is 10.1. The smallest absolute Gasteiger partial charge is 0.251 e. The summed E-state index contributed by atoms with van der Waals surface area (Å²) in [5.41, 5.74) is 1.32. The third-order valence-electron chi connectivity index (χ3n) is 4.21. The monoisotopic (exact) mass is 352 g/mol. The topological polar surface area (TPSA) is 32.8 Å². The minimum atomic E-state index is -0.178. The highest BCUT2D eigenvalue weighted by molar-refractivity contribution is 9.10. The molecule has 5 heteroatoms. The maximum absolute atomic E-state index is 12.3. The van der Waals surface area contributed by atoms with Crippen LogP contribution in [0.25, 0.3) is 0 Å². The van der Waals surface area contributed by atoms with E-state index in [1.807, 2.05) is 4.90 Å². The molecule has 0 unspecified atom stereocenters. The van der Waals surface area contributed by atoms with Crippen LogP contribution in [-0.2, 0) is 16.1 Å². The molecule has 0 aliphatic carbocycles. The molecule has 0 spiro atoms. The molecule has 0 radical (unpaired) electrons. The van der Waals surface area contributed by atoms with Crippen LogP contribution >= 0.6 is 15.9 Å². The highest BCUT2D eigenvalue weighted by Gasteiger charge is 2.30. The van der Waals surface area contributed by atoms with Crippen LogP contribution in [0, 0.1) is 0 Å². The zero-order valence-electron chi connectivity index (χ0n) is 12.1. The number of hydrogen-bond acceptors (Lipinski definition) is 3. The van der Waals surface area contributed by atoms with Crippen molar-refractivity contribution in [2.45, 2.75) is 25.5 Å². The first-order valence-corrected chi connectivity index (χ1v) is 8.39. The van der Waals surface area contributed by atoms with Gasteiger partial charge in [0.2, 0.25) is 0 Å². The Balaban J connectivity index is 1.48. The molecule has 0 bridgehead atoms. The van der Waals surface area contributed by atoms with E-state index in [1.165, 1.54) is 5.56 Å². The van der Waals surface area contributed by atoms with Gasteiger partial charge in [0.25, 0.3) is 5.91 Å². The molecule has 2 fully saturated rings. The molecule has 1 aromatic carbocycles. The predicted octanol–water partition coefficient (Wildman–Crippen LogP) is 2.27. The highest BCUT2D eigenvalue weighted by atomic mass is 79.9. The fourth-order valence-corrected chi connectivity index (χ4v) is 3.21. The lowest BCUT2D eigenvalue weighted by Crippen LogP contribution is -2.51. The quantitative estimate of drug-likeness (QED) is 0.836. The van der Waals surface area contributed by atoms with Gasteiger partial charge >= 0.3 is 0 Å². The Morgan fingerprint density at radius 1 is 1.19 bits per heavy atom. The largest absolute Gasteiger partial charge is 0.368 e. The van der Waals surface area contributed by atoms with Crippen molar-refractivity contribution in [3.8, 4) is 0 Å². The van der Waals surface area contributed by atoms with Crippen LogP contribution in [0.3, 0.4) is 0 Å². The Hall–Kier alpha value is -0.910. The van der Waals surface area contributed by atoms with Crippen LogP contribution in [0.4, 0.5) is 0 Å². The highest BCUT2D eigenvalue weighted by Crippen LogP contribution is 2.17. The lowest BCUT2D eigenvalue weighted by molar-refractivity contribution is -0.142. The van der Waals surface area contributed by atoms with Crippen LogP contribution in [0.2, 0.25) is 0 Å². The van der Waals surface area contributed by atoms with Gasteiger partial charge in [0.1, 0.15) is 6.10 Å². The van der Waals surface area contributed by atoms with Crippen LogP contribution < -0.4 is 0 Å². The molecule has 2 aliphatic heterocycles. The van der Waals surface area contributed by atoms with E-state index >= 15 is 0 Å². The van der Waals surface area contributed by atoms with Crippen molar-refractivity contribution in [2.75, 3.05) is 32.8 Å². The minimum absolute atomic E-state index is 0.178. The van der Waals surface area contributed by atoms with Crippen molar-refractivity contribution >= 4 is 21.8 Å². The third-order valence-corrected chi connectivity index (χ3v) is 4.74. The summed E-state index contributed by atoms with van der Waals surface area (Å²) in [6.07, 6.45) is 1.72. The van der Waals surface area contributed by atoms with E-state index in [0.717, 1.165) is 56.6 Å². The van der Waals surface area contributed by atoms with Crippen LogP contribution in [0.5, 0.6) is 0 Å². The SMILES string of the molecule is O=C([C@H]1CCCO1)N1CCN(Cc2ccc(Br)cc2)CC1. The van der Waals surface area contributed by atoms with E-state index in [-0.39, 0.29) is 12.0 Å². The van der Waals surface area contributed by atoms with E-state index < -0.39 is 0 Å². The molecule has 2 saturated heterocycles. The summed E-state index contributed by atoms with van der Waals surface area (Å²) < 4.78 is 6.60. The van der Waals surface area contributed by atoms with Crippen LogP contribution in [0.15, 0.2) is 28.7 Å². The molecule has 4 nitrogen and oxygen atoms in total. The number of ether oxygens (including phenoxy) is 1. The van der Waals surface area contributed by atoms with E-state index in [1.54, 1.807) is 0 Å². The number of piperazine rings is 1. The molecule has 1 aromatic rings. The third kappa shape index (κ3) is 3.84. The molecule has 0 aromatic heterocycles. The number of hydrogen-bond donors (Lipinski definition) is 0. The summed E-state index contributed by atoms with van der Waals surface area (Å²) in [5.74, 6) is 0.191. The Kier molecular flexibility index (Phi) is 4.93. The molecule has 114 valence electrons. The first-order chi connectivity index (χ1) is 10.2. The summed E-state index contributed by atoms with van der Waals surface area (Å²) in [6.45, 7) is 5.20. The Morgan fingerprint density at radius 2 is 1.90 bits per heavy atom. The van der Waals surface area contributed by atoms with Crippen LogP contribution in [-0.4, -0.2) is 54.6 Å². The van der Waals surface area contributed by atoms with Crippen molar-refractivity contribution in [1.29, 1.82) is 0 Å². The predicted molar refractivity (Wildman–Crippen MR) is 85.0 cm³/mol. The van der Waals surface area contributed by atoms with E-state index in [9.17, 15) is 4.79 Å². The standard InChI is InChI=1S/C16H21BrN2O2/c17-14-5-3-13(4-6-14)12-18-7-9-19(10-8-18)16(20)15-2-1-11-21-15/h3-6,15H,1-2,7-12H2/t15-/m1/s1. The lowest BCUT2D eigenvalue weighted by Gasteiger charge is -2.35. The number of carbonyl (C=O) groups is 1. The fourth-order valence-electron chi connectivity index (χ4n) is 2.95. The van der Waals surface area contributed by atoms with Crippen molar-refractivity contribution in [3.05, 3.63) is 34.3 Å². The van der Waals surface area contributed by atoms with Gasteiger partial charge in [-0.15, -0.1) is 0 Å². The van der Waals surface area contributed by atoms with Crippen molar-refractivity contribution in [3.63, 3.8) is 0 Å². The second-order valence-corrected chi connectivity index (χ2v) is 6.65. The normalized spacial score (nSPS) is 23.5. The maximum Gasteiger partial charge on any atom is 0.251 e. The molecular weight excluding hydrogens is 332 g/mol. The van der Waals surface area contributed by atoms with E-state index in [4.69, 9.17) is 4.74 Å². The molecule has 2 aliphatic rings. The average Bonchev–Trinajstić information content (AvgIpc) is 3.04. The molecule has 21 heavy (non-hydrogen) atoms. The van der Waals surface area contributed by atoms with Gasteiger partial charge in [-0.05, 0) is 30.5 Å². The van der Waals surface area contributed by atoms with Gasteiger partial charge in [0.05, 0.1) is 0 Å². The molecule has 3 rings (SSSR count). The summed E-state index contributed by atoms with van der Waals surface area (Å²) in [7, 11) is 0. The Labute approximate surface area is 134 Å². The number of halogens is 1. The molecule has 1 amide bonds. The molecule has 0 saturated carbocycles. The van der Waals surface area contributed by atoms with Crippen molar-refractivity contribution in [1.82, 2.24) is 9.80 Å². The number of amides is 1. The zero-order valence-corrected chi connectivity index (χ0v) is 13.7. The minimum Gasteiger partial charge on any atom is -0.368 e. The number of nitrogens with zero attached hydrogens (tertiary/aromatic N) is 2. The molecular formula is C16H21BrN2O2. The van der Waals surface area contributed by atoms with Gasteiger partial charge in [-0.3, -0.25) is 9.69 Å². The van der Waals surface area contributed by atoms with Crippen molar-refractivity contribution < 1.29 is 9.53 Å². The van der Waals surface area contributed by atoms with Crippen molar-refractivity contribution in [2.24, 2.45) is 0 Å². The first kappa shape index (κ1) is 15.0. The molecule has 2 heterocycles. The fraction of sp³-hybridized carbons (Fsp3) is 0.562. The summed E-state index contributed by atoms with van der Waals surface area (Å²) >= 11 is 3.46. The van der Waals surface area contributed by atoms with Gasteiger partial charge < -0.3 is 9.64 Å². The summed E-state index contributed by atoms with van der Waals surface area (Å²) in [4.78, 5) is 16.7. The Morgan fingerprint density at radius 3 is 2.52 bits per heavy atom. The van der Waals surface area contributed by atoms with Gasteiger partial charge in [0.15, 0.2) is 0 Å². The zero-order chi connectivity index (χ0) is 14.7.